The Morgan fingerprint density at radius 1 is 1.43 bits per heavy atom. The van der Waals surface area contributed by atoms with Gasteiger partial charge < -0.3 is 10.6 Å². The van der Waals surface area contributed by atoms with Gasteiger partial charge in [0.05, 0.1) is 6.04 Å². The van der Waals surface area contributed by atoms with E-state index in [0.717, 1.165) is 31.3 Å². The Morgan fingerprint density at radius 3 is 2.62 bits per heavy atom. The van der Waals surface area contributed by atoms with Crippen molar-refractivity contribution < 1.29 is 13.6 Å². The van der Waals surface area contributed by atoms with Gasteiger partial charge in [0.2, 0.25) is 5.91 Å². The van der Waals surface area contributed by atoms with Gasteiger partial charge in [-0.05, 0) is 43.6 Å². The Balaban J connectivity index is 0.00000220. The van der Waals surface area contributed by atoms with E-state index >= 15 is 0 Å². The summed E-state index contributed by atoms with van der Waals surface area (Å²) in [5, 5.41) is 5.95. The lowest BCUT2D eigenvalue weighted by Crippen LogP contribution is -2.50. The van der Waals surface area contributed by atoms with Crippen molar-refractivity contribution in [2.45, 2.75) is 26.3 Å². The molecule has 0 spiro atoms. The normalized spacial score (nSPS) is 17.3. The van der Waals surface area contributed by atoms with Crippen LogP contribution in [0.15, 0.2) is 18.2 Å². The van der Waals surface area contributed by atoms with Crippen LogP contribution in [0, 0.1) is 23.5 Å². The van der Waals surface area contributed by atoms with Gasteiger partial charge in [-0.15, -0.1) is 12.4 Å². The topological polar surface area (TPSA) is 41.1 Å². The zero-order chi connectivity index (χ0) is 14.7. The standard InChI is InChI=1S/C15H20F2N2O.ClH/c1-3-14(12-6-11(16)4-5-13(12)17)19-15(20)9(2)10-7-18-8-10;/h4-6,9-10,14,18H,3,7-8H2,1-2H3,(H,19,20);1H. The first kappa shape index (κ1) is 17.9. The van der Waals surface area contributed by atoms with Gasteiger partial charge in [-0.3, -0.25) is 4.79 Å². The van der Waals surface area contributed by atoms with Crippen LogP contribution in [-0.2, 0) is 4.79 Å². The van der Waals surface area contributed by atoms with Gasteiger partial charge in [-0.1, -0.05) is 13.8 Å². The lowest BCUT2D eigenvalue weighted by atomic mass is 9.88. The number of rotatable bonds is 5. The summed E-state index contributed by atoms with van der Waals surface area (Å²) in [7, 11) is 0. The van der Waals surface area contributed by atoms with E-state index in [4.69, 9.17) is 0 Å². The molecule has 0 aliphatic carbocycles. The number of carbonyl (C=O) groups excluding carboxylic acids is 1. The van der Waals surface area contributed by atoms with Crippen molar-refractivity contribution in [3.05, 3.63) is 35.4 Å². The zero-order valence-corrected chi connectivity index (χ0v) is 13.0. The summed E-state index contributed by atoms with van der Waals surface area (Å²) >= 11 is 0. The molecule has 1 aromatic carbocycles. The van der Waals surface area contributed by atoms with E-state index in [0.29, 0.717) is 12.3 Å². The quantitative estimate of drug-likeness (QED) is 0.876. The molecule has 1 aliphatic rings. The second kappa shape index (κ2) is 7.71. The van der Waals surface area contributed by atoms with Crippen LogP contribution in [0.1, 0.15) is 31.9 Å². The summed E-state index contributed by atoms with van der Waals surface area (Å²) in [5.41, 5.74) is 0.208. The van der Waals surface area contributed by atoms with Gasteiger partial charge in [-0.2, -0.15) is 0 Å². The minimum Gasteiger partial charge on any atom is -0.349 e. The number of hydrogen-bond donors (Lipinski definition) is 2. The first-order chi connectivity index (χ1) is 9.52. The number of benzene rings is 1. The Morgan fingerprint density at radius 2 is 2.10 bits per heavy atom. The fraction of sp³-hybridized carbons (Fsp3) is 0.533. The van der Waals surface area contributed by atoms with Crippen molar-refractivity contribution in [1.82, 2.24) is 10.6 Å². The largest absolute Gasteiger partial charge is 0.349 e. The summed E-state index contributed by atoms with van der Waals surface area (Å²) in [5.74, 6) is -0.888. The van der Waals surface area contributed by atoms with Gasteiger partial charge in [0.15, 0.2) is 0 Å². The van der Waals surface area contributed by atoms with Gasteiger partial charge in [0.1, 0.15) is 11.6 Å². The van der Waals surface area contributed by atoms with E-state index < -0.39 is 17.7 Å². The molecule has 2 rings (SSSR count). The summed E-state index contributed by atoms with van der Waals surface area (Å²) < 4.78 is 27.0. The van der Waals surface area contributed by atoms with Crippen LogP contribution in [0.4, 0.5) is 8.78 Å². The summed E-state index contributed by atoms with van der Waals surface area (Å²) in [6, 6.07) is 2.84. The molecular weight excluding hydrogens is 298 g/mol. The van der Waals surface area contributed by atoms with Crippen LogP contribution >= 0.6 is 12.4 Å². The molecule has 2 N–H and O–H groups in total. The molecule has 2 atom stereocenters. The maximum atomic E-state index is 13.8. The maximum absolute atomic E-state index is 13.8. The molecule has 2 unspecified atom stereocenters. The van der Waals surface area contributed by atoms with E-state index in [-0.39, 0.29) is 29.8 Å². The van der Waals surface area contributed by atoms with Crippen LogP contribution in [0.5, 0.6) is 0 Å². The Bertz CT molecular complexity index is 495. The van der Waals surface area contributed by atoms with Gasteiger partial charge in [0.25, 0.3) is 0 Å². The van der Waals surface area contributed by atoms with Crippen molar-refractivity contribution in [2.75, 3.05) is 13.1 Å². The third-order valence-electron chi connectivity index (χ3n) is 3.99. The Kier molecular flexibility index (Phi) is 6.55. The average Bonchev–Trinajstić information content (AvgIpc) is 2.36. The molecule has 1 heterocycles. The molecule has 6 heteroatoms. The molecule has 1 saturated heterocycles. The molecule has 0 radical (unpaired) electrons. The SMILES string of the molecule is CCC(NC(=O)C(C)C1CNC1)c1cc(F)ccc1F.Cl. The highest BCUT2D eigenvalue weighted by atomic mass is 35.5. The van der Waals surface area contributed by atoms with E-state index in [1.54, 1.807) is 0 Å². The van der Waals surface area contributed by atoms with Gasteiger partial charge in [0, 0.05) is 11.5 Å². The molecule has 1 amide bonds. The molecule has 3 nitrogen and oxygen atoms in total. The number of nitrogens with one attached hydrogen (secondary N) is 2. The third kappa shape index (κ3) is 4.14. The van der Waals surface area contributed by atoms with Crippen molar-refractivity contribution in [3.63, 3.8) is 0 Å². The van der Waals surface area contributed by atoms with E-state index in [1.165, 1.54) is 0 Å². The third-order valence-corrected chi connectivity index (χ3v) is 3.99. The summed E-state index contributed by atoms with van der Waals surface area (Å²) in [6.07, 6.45) is 0.516. The van der Waals surface area contributed by atoms with Crippen LogP contribution in [-0.4, -0.2) is 19.0 Å². The number of amides is 1. The lowest BCUT2D eigenvalue weighted by Gasteiger charge is -2.32. The van der Waals surface area contributed by atoms with E-state index in [2.05, 4.69) is 10.6 Å². The smallest absolute Gasteiger partial charge is 0.223 e. The van der Waals surface area contributed by atoms with Crippen LogP contribution < -0.4 is 10.6 Å². The van der Waals surface area contributed by atoms with Crippen LogP contribution in [0.3, 0.4) is 0 Å². The molecule has 0 aromatic heterocycles. The predicted molar refractivity (Wildman–Crippen MR) is 80.3 cm³/mol. The number of carbonyl (C=O) groups is 1. The van der Waals surface area contributed by atoms with Crippen LogP contribution in [0.25, 0.3) is 0 Å². The average molecular weight is 319 g/mol. The minimum absolute atomic E-state index is 0. The number of hydrogen-bond acceptors (Lipinski definition) is 2. The molecule has 118 valence electrons. The molecule has 0 saturated carbocycles. The highest BCUT2D eigenvalue weighted by molar-refractivity contribution is 5.85. The number of halogens is 3. The second-order valence-corrected chi connectivity index (χ2v) is 5.34. The van der Waals surface area contributed by atoms with E-state index in [9.17, 15) is 13.6 Å². The Hall–Kier alpha value is -1.20. The Labute approximate surface area is 129 Å². The van der Waals surface area contributed by atoms with Gasteiger partial charge in [-0.25, -0.2) is 8.78 Å². The van der Waals surface area contributed by atoms with Crippen molar-refractivity contribution in [3.8, 4) is 0 Å². The monoisotopic (exact) mass is 318 g/mol. The van der Waals surface area contributed by atoms with E-state index in [1.807, 2.05) is 13.8 Å². The molecular formula is C15H21ClF2N2O. The lowest BCUT2D eigenvalue weighted by molar-refractivity contribution is -0.127. The molecule has 21 heavy (non-hydrogen) atoms. The molecule has 1 aliphatic heterocycles. The van der Waals surface area contributed by atoms with Crippen molar-refractivity contribution in [1.29, 1.82) is 0 Å². The van der Waals surface area contributed by atoms with Gasteiger partial charge >= 0.3 is 0 Å². The molecule has 1 fully saturated rings. The summed E-state index contributed by atoms with van der Waals surface area (Å²) in [4.78, 5) is 12.2. The highest BCUT2D eigenvalue weighted by Crippen LogP contribution is 2.23. The molecule has 1 aromatic rings. The fourth-order valence-electron chi connectivity index (χ4n) is 2.36. The van der Waals surface area contributed by atoms with Crippen molar-refractivity contribution in [2.24, 2.45) is 11.8 Å². The van der Waals surface area contributed by atoms with Crippen LogP contribution in [0.2, 0.25) is 0 Å². The summed E-state index contributed by atoms with van der Waals surface area (Å²) in [6.45, 7) is 5.37. The fourth-order valence-corrected chi connectivity index (χ4v) is 2.36. The minimum atomic E-state index is -0.495. The zero-order valence-electron chi connectivity index (χ0n) is 12.2. The first-order valence-corrected chi connectivity index (χ1v) is 6.99. The highest BCUT2D eigenvalue weighted by Gasteiger charge is 2.30. The first-order valence-electron chi connectivity index (χ1n) is 6.99. The van der Waals surface area contributed by atoms with Crippen molar-refractivity contribution >= 4 is 18.3 Å². The molecule has 0 bridgehead atoms. The predicted octanol–water partition coefficient (Wildman–Crippen LogP) is 2.81. The maximum Gasteiger partial charge on any atom is 0.223 e. The second-order valence-electron chi connectivity index (χ2n) is 5.34.